The number of benzene rings is 2. The molecule has 148 valence electrons. The zero-order valence-electron chi connectivity index (χ0n) is 14.9. The van der Waals surface area contributed by atoms with Gasteiger partial charge in [-0.25, -0.2) is 0 Å². The molecule has 2 aromatic carbocycles. The Balaban J connectivity index is 1.41. The van der Waals surface area contributed by atoms with Gasteiger partial charge in [-0.3, -0.25) is 19.7 Å². The maximum absolute atomic E-state index is 11.9. The van der Waals surface area contributed by atoms with E-state index in [1.165, 1.54) is 0 Å². The van der Waals surface area contributed by atoms with Crippen LogP contribution in [-0.4, -0.2) is 41.1 Å². The number of anilines is 1. The predicted octanol–water partition coefficient (Wildman–Crippen LogP) is 2.41. The van der Waals surface area contributed by atoms with E-state index in [1.807, 2.05) is 18.2 Å². The molecule has 0 saturated heterocycles. The quantitative estimate of drug-likeness (QED) is 0.520. The first kappa shape index (κ1) is 20.2. The maximum atomic E-state index is 11.9. The Morgan fingerprint density at radius 3 is 2.45 bits per heavy atom. The summed E-state index contributed by atoms with van der Waals surface area (Å²) >= 11 is 3.27. The second kappa shape index (κ2) is 9.60. The molecule has 3 aromatic rings. The van der Waals surface area contributed by atoms with E-state index in [0.717, 1.165) is 4.47 Å². The van der Waals surface area contributed by atoms with Gasteiger partial charge in [0.15, 0.2) is 6.61 Å². The summed E-state index contributed by atoms with van der Waals surface area (Å²) in [5.41, 5.74) is 1.10. The van der Waals surface area contributed by atoms with Crippen molar-refractivity contribution in [3.63, 3.8) is 0 Å². The minimum absolute atomic E-state index is 0.117. The highest BCUT2D eigenvalue weighted by atomic mass is 79.9. The van der Waals surface area contributed by atoms with E-state index in [-0.39, 0.29) is 18.5 Å². The van der Waals surface area contributed by atoms with Crippen molar-refractivity contribution in [1.29, 1.82) is 0 Å². The fourth-order valence-electron chi connectivity index (χ4n) is 2.18. The number of ether oxygens (including phenoxy) is 1. The van der Waals surface area contributed by atoms with Crippen molar-refractivity contribution >= 4 is 39.7 Å². The number of rotatable bonds is 7. The highest BCUT2D eigenvalue weighted by molar-refractivity contribution is 9.10. The molecular weight excluding hydrogens is 444 g/mol. The van der Waals surface area contributed by atoms with Gasteiger partial charge in [-0.1, -0.05) is 39.2 Å². The fourth-order valence-corrected chi connectivity index (χ4v) is 2.44. The smallest absolute Gasteiger partial charge is 0.325 e. The van der Waals surface area contributed by atoms with E-state index < -0.39 is 24.4 Å². The molecule has 0 atom stereocenters. The number of amides is 2. The summed E-state index contributed by atoms with van der Waals surface area (Å²) in [6, 6.07) is 15.5. The third kappa shape index (κ3) is 5.98. The lowest BCUT2D eigenvalue weighted by Gasteiger charge is -2.06. The van der Waals surface area contributed by atoms with Crippen LogP contribution in [0.4, 0.5) is 6.01 Å². The molecule has 1 heterocycles. The molecule has 0 aliphatic heterocycles. The summed E-state index contributed by atoms with van der Waals surface area (Å²) in [4.78, 5) is 35.5. The number of carbonyl (C=O) groups excluding carboxylic acids is 3. The molecule has 3 rings (SSSR count). The monoisotopic (exact) mass is 458 g/mol. The van der Waals surface area contributed by atoms with Gasteiger partial charge in [-0.15, -0.1) is 5.10 Å². The zero-order chi connectivity index (χ0) is 20.6. The van der Waals surface area contributed by atoms with Crippen molar-refractivity contribution in [3.05, 3.63) is 64.6 Å². The minimum atomic E-state index is -0.763. The topological polar surface area (TPSA) is 123 Å². The molecule has 2 amide bonds. The van der Waals surface area contributed by atoms with Gasteiger partial charge in [0.1, 0.15) is 6.54 Å². The van der Waals surface area contributed by atoms with Gasteiger partial charge < -0.3 is 14.5 Å². The van der Waals surface area contributed by atoms with Crippen LogP contribution in [0.25, 0.3) is 11.5 Å². The second-order valence-electron chi connectivity index (χ2n) is 5.68. The lowest BCUT2D eigenvalue weighted by atomic mass is 10.2. The summed E-state index contributed by atoms with van der Waals surface area (Å²) in [5, 5.41) is 12.3. The van der Waals surface area contributed by atoms with Gasteiger partial charge in [0.05, 0.1) is 0 Å². The zero-order valence-corrected chi connectivity index (χ0v) is 16.5. The van der Waals surface area contributed by atoms with Crippen LogP contribution in [0.1, 0.15) is 10.4 Å². The molecule has 29 heavy (non-hydrogen) atoms. The average Bonchev–Trinajstić information content (AvgIpc) is 3.20. The van der Waals surface area contributed by atoms with Crippen LogP contribution in [0.3, 0.4) is 0 Å². The molecule has 0 saturated carbocycles. The van der Waals surface area contributed by atoms with Crippen LogP contribution in [0.15, 0.2) is 63.5 Å². The minimum Gasteiger partial charge on any atom is -0.454 e. The number of nitrogens with one attached hydrogen (secondary N) is 2. The number of nitrogens with zero attached hydrogens (tertiary/aromatic N) is 2. The fraction of sp³-hybridized carbons (Fsp3) is 0.105. The van der Waals surface area contributed by atoms with Crippen LogP contribution in [0, 0.1) is 0 Å². The Labute approximate surface area is 173 Å². The Morgan fingerprint density at radius 1 is 1.00 bits per heavy atom. The molecule has 2 N–H and O–H groups in total. The normalized spacial score (nSPS) is 10.2. The lowest BCUT2D eigenvalue weighted by Crippen LogP contribution is -2.32. The van der Waals surface area contributed by atoms with Gasteiger partial charge in [0, 0.05) is 15.6 Å². The van der Waals surface area contributed by atoms with E-state index in [2.05, 4.69) is 36.8 Å². The van der Waals surface area contributed by atoms with Gasteiger partial charge in [0.2, 0.25) is 5.89 Å². The Hall–Kier alpha value is -3.53. The van der Waals surface area contributed by atoms with Crippen molar-refractivity contribution < 1.29 is 23.5 Å². The first-order valence-electron chi connectivity index (χ1n) is 8.39. The summed E-state index contributed by atoms with van der Waals surface area (Å²) in [6.07, 6.45) is 0. The van der Waals surface area contributed by atoms with E-state index in [1.54, 1.807) is 36.4 Å². The van der Waals surface area contributed by atoms with Crippen LogP contribution in [-0.2, 0) is 14.3 Å². The number of halogens is 1. The summed E-state index contributed by atoms with van der Waals surface area (Å²) in [5.74, 6) is -1.60. The van der Waals surface area contributed by atoms with Crippen LogP contribution in [0.5, 0.6) is 0 Å². The molecule has 0 spiro atoms. The molecule has 1 aromatic heterocycles. The van der Waals surface area contributed by atoms with Gasteiger partial charge in [-0.05, 0) is 36.4 Å². The molecule has 0 unspecified atom stereocenters. The van der Waals surface area contributed by atoms with Crippen LogP contribution >= 0.6 is 15.9 Å². The van der Waals surface area contributed by atoms with Gasteiger partial charge >= 0.3 is 12.0 Å². The number of hydrogen-bond acceptors (Lipinski definition) is 7. The Bertz CT molecular complexity index is 1000. The summed E-state index contributed by atoms with van der Waals surface area (Å²) in [6.45, 7) is -0.934. The SMILES string of the molecule is O=C(COC(=O)CNC(=O)c1ccc(Br)cc1)Nc1nnc(-c2ccccc2)o1. The molecule has 10 heteroatoms. The number of aromatic nitrogens is 2. The Morgan fingerprint density at radius 2 is 1.72 bits per heavy atom. The molecule has 0 fully saturated rings. The van der Waals surface area contributed by atoms with Crippen molar-refractivity contribution in [1.82, 2.24) is 15.5 Å². The first-order valence-corrected chi connectivity index (χ1v) is 9.19. The molecular formula is C19H15BrN4O5. The van der Waals surface area contributed by atoms with Gasteiger partial charge in [-0.2, -0.15) is 0 Å². The molecule has 0 bridgehead atoms. The third-order valence-electron chi connectivity index (χ3n) is 3.56. The highest BCUT2D eigenvalue weighted by Crippen LogP contribution is 2.18. The van der Waals surface area contributed by atoms with Crippen LogP contribution in [0.2, 0.25) is 0 Å². The molecule has 0 aliphatic rings. The highest BCUT2D eigenvalue weighted by Gasteiger charge is 2.14. The molecule has 0 radical (unpaired) electrons. The maximum Gasteiger partial charge on any atom is 0.325 e. The molecule has 0 aliphatic carbocycles. The van der Waals surface area contributed by atoms with Crippen molar-refractivity contribution in [3.8, 4) is 11.5 Å². The van der Waals surface area contributed by atoms with Gasteiger partial charge in [0.25, 0.3) is 11.8 Å². The number of hydrogen-bond donors (Lipinski definition) is 2. The lowest BCUT2D eigenvalue weighted by molar-refractivity contribution is -0.146. The first-order chi connectivity index (χ1) is 14.0. The van der Waals surface area contributed by atoms with Crippen LogP contribution < -0.4 is 10.6 Å². The largest absolute Gasteiger partial charge is 0.454 e. The van der Waals surface area contributed by atoms with Crippen molar-refractivity contribution in [2.24, 2.45) is 0 Å². The van der Waals surface area contributed by atoms with E-state index in [0.29, 0.717) is 11.1 Å². The number of esters is 1. The average molecular weight is 459 g/mol. The van der Waals surface area contributed by atoms with Crippen molar-refractivity contribution in [2.75, 3.05) is 18.5 Å². The molecule has 9 nitrogen and oxygen atoms in total. The second-order valence-corrected chi connectivity index (χ2v) is 6.59. The Kier molecular flexibility index (Phi) is 6.69. The standard InChI is InChI=1S/C19H15BrN4O5/c20-14-8-6-12(7-9-14)17(27)21-10-16(26)28-11-15(25)22-19-24-23-18(29-19)13-4-2-1-3-5-13/h1-9H,10-11H2,(H,21,27)(H,22,24,25). The number of carbonyl (C=O) groups is 3. The third-order valence-corrected chi connectivity index (χ3v) is 4.08. The predicted molar refractivity (Wildman–Crippen MR) is 106 cm³/mol. The summed E-state index contributed by atoms with van der Waals surface area (Å²) < 4.78 is 11.0. The van der Waals surface area contributed by atoms with E-state index in [4.69, 9.17) is 9.15 Å². The van der Waals surface area contributed by atoms with Crippen molar-refractivity contribution in [2.45, 2.75) is 0 Å². The van der Waals surface area contributed by atoms with E-state index in [9.17, 15) is 14.4 Å². The summed E-state index contributed by atoms with van der Waals surface area (Å²) in [7, 11) is 0. The van der Waals surface area contributed by atoms with E-state index >= 15 is 0 Å².